The van der Waals surface area contributed by atoms with Gasteiger partial charge in [0.1, 0.15) is 4.90 Å². The molecule has 0 atom stereocenters. The number of sulfonamides is 1. The largest absolute Gasteiger partial charge is 0.347 e. The van der Waals surface area contributed by atoms with Crippen LogP contribution < -0.4 is 14.5 Å². The number of aromatic nitrogens is 5. The third-order valence-electron chi connectivity index (χ3n) is 4.75. The number of hydrogen-bond donors (Lipinski definition) is 1. The molecule has 0 unspecified atom stereocenters. The van der Waals surface area contributed by atoms with Gasteiger partial charge < -0.3 is 9.80 Å². The van der Waals surface area contributed by atoms with Crippen LogP contribution in [0.2, 0.25) is 0 Å². The zero-order valence-electron chi connectivity index (χ0n) is 17.1. The van der Waals surface area contributed by atoms with Crippen LogP contribution in [0.4, 0.5) is 11.9 Å². The molecule has 0 bridgehead atoms. The zero-order valence-corrected chi connectivity index (χ0v) is 17.9. The third kappa shape index (κ3) is 4.09. The maximum Gasteiger partial charge on any atom is 0.244 e. The van der Waals surface area contributed by atoms with Gasteiger partial charge in [0.15, 0.2) is 5.82 Å². The molecular formula is C17H28N8O2S. The second kappa shape index (κ2) is 8.00. The summed E-state index contributed by atoms with van der Waals surface area (Å²) in [4.78, 5) is 17.5. The molecule has 154 valence electrons. The first-order valence-electron chi connectivity index (χ1n) is 9.43. The number of hydrogen-bond acceptors (Lipinski definition) is 8. The highest BCUT2D eigenvalue weighted by molar-refractivity contribution is 7.89. The lowest BCUT2D eigenvalue weighted by Gasteiger charge is -2.19. The second-order valence-corrected chi connectivity index (χ2v) is 8.78. The van der Waals surface area contributed by atoms with E-state index in [1.165, 1.54) is 0 Å². The molecular weight excluding hydrogens is 380 g/mol. The SMILES string of the molecule is CCn1nc(C)c(S(=O)(=O)NCc2nc(N(C)C)nc(N3CCCC3)n2)c1C. The minimum atomic E-state index is -3.74. The summed E-state index contributed by atoms with van der Waals surface area (Å²) < 4.78 is 30.1. The highest BCUT2D eigenvalue weighted by Gasteiger charge is 2.25. The smallest absolute Gasteiger partial charge is 0.244 e. The van der Waals surface area contributed by atoms with Gasteiger partial charge in [-0.15, -0.1) is 0 Å². The van der Waals surface area contributed by atoms with E-state index in [4.69, 9.17) is 0 Å². The summed E-state index contributed by atoms with van der Waals surface area (Å²) in [5, 5.41) is 4.30. The standard InChI is InChI=1S/C17H28N8O2S/c1-6-25-13(3)15(12(2)22-25)28(26,27)18-11-14-19-16(23(4)5)21-17(20-14)24-9-7-8-10-24/h18H,6-11H2,1-5H3. The maximum absolute atomic E-state index is 12.9. The van der Waals surface area contributed by atoms with Crippen molar-refractivity contribution in [2.45, 2.75) is 51.6 Å². The molecule has 1 fully saturated rings. The lowest BCUT2D eigenvalue weighted by Crippen LogP contribution is -2.28. The first-order chi connectivity index (χ1) is 13.2. The maximum atomic E-state index is 12.9. The van der Waals surface area contributed by atoms with Crippen LogP contribution >= 0.6 is 0 Å². The number of nitrogens with one attached hydrogen (secondary N) is 1. The predicted molar refractivity (Wildman–Crippen MR) is 107 cm³/mol. The molecule has 0 radical (unpaired) electrons. The van der Waals surface area contributed by atoms with Gasteiger partial charge in [0, 0.05) is 33.7 Å². The molecule has 10 nitrogen and oxygen atoms in total. The highest BCUT2D eigenvalue weighted by Crippen LogP contribution is 2.21. The Labute approximate surface area is 166 Å². The molecule has 3 heterocycles. The van der Waals surface area contributed by atoms with E-state index in [-0.39, 0.29) is 11.4 Å². The van der Waals surface area contributed by atoms with Crippen LogP contribution in [-0.2, 0) is 23.1 Å². The van der Waals surface area contributed by atoms with E-state index >= 15 is 0 Å². The average molecular weight is 409 g/mol. The van der Waals surface area contributed by atoms with Gasteiger partial charge in [0.2, 0.25) is 21.9 Å². The van der Waals surface area contributed by atoms with Crippen molar-refractivity contribution in [3.8, 4) is 0 Å². The monoisotopic (exact) mass is 408 g/mol. The minimum absolute atomic E-state index is 0.0112. The highest BCUT2D eigenvalue weighted by atomic mass is 32.2. The summed E-state index contributed by atoms with van der Waals surface area (Å²) in [6, 6.07) is 0. The van der Waals surface area contributed by atoms with Crippen LogP contribution in [0.3, 0.4) is 0 Å². The molecule has 1 aliphatic rings. The minimum Gasteiger partial charge on any atom is -0.347 e. The summed E-state index contributed by atoms with van der Waals surface area (Å²) in [6.07, 6.45) is 2.20. The van der Waals surface area contributed by atoms with Gasteiger partial charge in [-0.1, -0.05) is 0 Å². The Kier molecular flexibility index (Phi) is 5.84. The van der Waals surface area contributed by atoms with Crippen LogP contribution in [0.15, 0.2) is 4.90 Å². The Balaban J connectivity index is 1.86. The summed E-state index contributed by atoms with van der Waals surface area (Å²) in [5.74, 6) is 1.50. The molecule has 2 aromatic heterocycles. The average Bonchev–Trinajstić information content (AvgIpc) is 3.28. The molecule has 0 spiro atoms. The molecule has 28 heavy (non-hydrogen) atoms. The first-order valence-corrected chi connectivity index (χ1v) is 10.9. The summed E-state index contributed by atoms with van der Waals surface area (Å²) in [6.45, 7) is 7.79. The molecule has 1 saturated heterocycles. The Morgan fingerprint density at radius 3 is 2.36 bits per heavy atom. The van der Waals surface area contributed by atoms with Gasteiger partial charge in [-0.2, -0.15) is 20.1 Å². The van der Waals surface area contributed by atoms with E-state index < -0.39 is 10.0 Å². The van der Waals surface area contributed by atoms with Gasteiger partial charge in [-0.25, -0.2) is 13.1 Å². The van der Waals surface area contributed by atoms with E-state index in [9.17, 15) is 8.42 Å². The summed E-state index contributed by atoms with van der Waals surface area (Å²) in [7, 11) is -0.0348. The summed E-state index contributed by atoms with van der Waals surface area (Å²) >= 11 is 0. The molecule has 3 rings (SSSR count). The van der Waals surface area contributed by atoms with Crippen molar-refractivity contribution in [2.24, 2.45) is 0 Å². The van der Waals surface area contributed by atoms with E-state index in [0.717, 1.165) is 25.9 Å². The molecule has 0 amide bonds. The lowest BCUT2D eigenvalue weighted by molar-refractivity contribution is 0.576. The molecule has 0 aromatic carbocycles. The lowest BCUT2D eigenvalue weighted by atomic mass is 10.4. The number of anilines is 2. The Morgan fingerprint density at radius 2 is 1.79 bits per heavy atom. The van der Waals surface area contributed by atoms with E-state index in [0.29, 0.717) is 35.7 Å². The Hall–Kier alpha value is -2.27. The molecule has 1 N–H and O–H groups in total. The normalized spacial score (nSPS) is 14.7. The Bertz CT molecular complexity index is 948. The predicted octanol–water partition coefficient (Wildman–Crippen LogP) is 0.850. The van der Waals surface area contributed by atoms with Crippen molar-refractivity contribution >= 4 is 21.9 Å². The number of nitrogens with zero attached hydrogens (tertiary/aromatic N) is 7. The van der Waals surface area contributed by atoms with Crippen LogP contribution in [0.5, 0.6) is 0 Å². The van der Waals surface area contributed by atoms with Crippen molar-refractivity contribution in [3.63, 3.8) is 0 Å². The molecule has 0 saturated carbocycles. The molecule has 2 aromatic rings. The van der Waals surface area contributed by atoms with Crippen molar-refractivity contribution < 1.29 is 8.42 Å². The fourth-order valence-electron chi connectivity index (χ4n) is 3.34. The van der Waals surface area contributed by atoms with Gasteiger partial charge in [-0.3, -0.25) is 4.68 Å². The first kappa shape index (κ1) is 20.5. The van der Waals surface area contributed by atoms with Crippen molar-refractivity contribution in [3.05, 3.63) is 17.2 Å². The van der Waals surface area contributed by atoms with Crippen molar-refractivity contribution in [1.29, 1.82) is 0 Å². The summed E-state index contributed by atoms with van der Waals surface area (Å²) in [5.41, 5.74) is 1.10. The molecule has 0 aliphatic carbocycles. The van der Waals surface area contributed by atoms with Gasteiger partial charge in [0.25, 0.3) is 0 Å². The van der Waals surface area contributed by atoms with Crippen LogP contribution in [0.25, 0.3) is 0 Å². The van der Waals surface area contributed by atoms with Crippen LogP contribution in [-0.4, -0.2) is 60.3 Å². The number of aryl methyl sites for hydroxylation is 2. The van der Waals surface area contributed by atoms with Crippen molar-refractivity contribution in [2.75, 3.05) is 37.0 Å². The van der Waals surface area contributed by atoms with E-state index in [1.807, 2.05) is 21.0 Å². The quantitative estimate of drug-likeness (QED) is 0.718. The van der Waals surface area contributed by atoms with E-state index in [1.54, 1.807) is 23.4 Å². The zero-order chi connectivity index (χ0) is 20.5. The van der Waals surface area contributed by atoms with Gasteiger partial charge in [0.05, 0.1) is 17.9 Å². The third-order valence-corrected chi connectivity index (χ3v) is 6.40. The second-order valence-electron chi connectivity index (χ2n) is 7.08. The van der Waals surface area contributed by atoms with E-state index in [2.05, 4.69) is 29.7 Å². The molecule has 11 heteroatoms. The number of rotatable bonds is 7. The van der Waals surface area contributed by atoms with Crippen LogP contribution in [0.1, 0.15) is 37.0 Å². The Morgan fingerprint density at radius 1 is 1.11 bits per heavy atom. The van der Waals surface area contributed by atoms with Gasteiger partial charge in [-0.05, 0) is 33.6 Å². The topological polar surface area (TPSA) is 109 Å². The van der Waals surface area contributed by atoms with Crippen LogP contribution in [0, 0.1) is 13.8 Å². The molecule has 1 aliphatic heterocycles. The van der Waals surface area contributed by atoms with Crippen molar-refractivity contribution in [1.82, 2.24) is 29.5 Å². The fraction of sp³-hybridized carbons (Fsp3) is 0.647. The fourth-order valence-corrected chi connectivity index (χ4v) is 4.73. The van der Waals surface area contributed by atoms with Gasteiger partial charge >= 0.3 is 0 Å².